The first-order valence-corrected chi connectivity index (χ1v) is 9.57. The van der Waals surface area contributed by atoms with Gasteiger partial charge in [0.05, 0.1) is 17.4 Å². The summed E-state index contributed by atoms with van der Waals surface area (Å²) in [6, 6.07) is 16.9. The van der Waals surface area contributed by atoms with E-state index in [1.165, 1.54) is 6.33 Å². The monoisotopic (exact) mass is 389 g/mol. The van der Waals surface area contributed by atoms with Crippen LogP contribution in [0.4, 0.5) is 11.6 Å². The number of benzene rings is 2. The molecule has 7 nitrogen and oxygen atoms in total. The SMILES string of the molecule is N=C(c1ccc(Oc2ccccc2)cc1)c1c(N)ncnc1NC1CCC(O)C1. The Balaban J connectivity index is 1.54. The van der Waals surface area contributed by atoms with Gasteiger partial charge in [-0.05, 0) is 55.7 Å². The van der Waals surface area contributed by atoms with E-state index in [1.54, 1.807) is 0 Å². The van der Waals surface area contributed by atoms with Gasteiger partial charge in [0, 0.05) is 11.6 Å². The zero-order valence-electron chi connectivity index (χ0n) is 15.9. The standard InChI is InChI=1S/C22H23N5O2/c23-20(14-6-10-18(11-7-14)29-17-4-2-1-3-5-17)19-21(24)25-13-26-22(19)27-15-8-9-16(28)12-15/h1-7,10-11,13,15-16,23,28H,8-9,12H2,(H3,24,25,26,27). The lowest BCUT2D eigenvalue weighted by Crippen LogP contribution is -2.21. The first kappa shape index (κ1) is 18.9. The smallest absolute Gasteiger partial charge is 0.141 e. The van der Waals surface area contributed by atoms with E-state index < -0.39 is 0 Å². The molecule has 7 heteroatoms. The summed E-state index contributed by atoms with van der Waals surface area (Å²) < 4.78 is 5.81. The van der Waals surface area contributed by atoms with Gasteiger partial charge in [-0.1, -0.05) is 18.2 Å². The maximum atomic E-state index is 9.77. The third-order valence-corrected chi connectivity index (χ3v) is 4.99. The Morgan fingerprint density at radius 2 is 1.76 bits per heavy atom. The maximum absolute atomic E-state index is 9.77. The van der Waals surface area contributed by atoms with Gasteiger partial charge in [-0.15, -0.1) is 0 Å². The summed E-state index contributed by atoms with van der Waals surface area (Å²) in [4.78, 5) is 8.36. The number of hydrogen-bond acceptors (Lipinski definition) is 7. The quantitative estimate of drug-likeness (QED) is 0.479. The van der Waals surface area contributed by atoms with Crippen LogP contribution in [0.25, 0.3) is 0 Å². The molecule has 2 atom stereocenters. The van der Waals surface area contributed by atoms with E-state index in [4.69, 9.17) is 15.9 Å². The lowest BCUT2D eigenvalue weighted by molar-refractivity contribution is 0.182. The van der Waals surface area contributed by atoms with Crippen LogP contribution < -0.4 is 15.8 Å². The number of ether oxygens (including phenoxy) is 1. The highest BCUT2D eigenvalue weighted by molar-refractivity contribution is 6.16. The van der Waals surface area contributed by atoms with E-state index in [2.05, 4.69) is 15.3 Å². The van der Waals surface area contributed by atoms with E-state index in [9.17, 15) is 5.11 Å². The van der Waals surface area contributed by atoms with Crippen LogP contribution in [-0.4, -0.2) is 32.9 Å². The normalized spacial score (nSPS) is 18.4. The second-order valence-corrected chi connectivity index (χ2v) is 7.11. The molecule has 0 aliphatic heterocycles. The fraction of sp³-hybridized carbons (Fsp3) is 0.227. The fourth-order valence-corrected chi connectivity index (χ4v) is 3.50. The van der Waals surface area contributed by atoms with Crippen LogP contribution in [0, 0.1) is 5.41 Å². The Kier molecular flexibility index (Phi) is 5.39. The van der Waals surface area contributed by atoms with Gasteiger partial charge in [-0.3, -0.25) is 5.41 Å². The van der Waals surface area contributed by atoms with Crippen LogP contribution >= 0.6 is 0 Å². The zero-order valence-corrected chi connectivity index (χ0v) is 15.9. The number of nitrogens with zero attached hydrogens (tertiary/aromatic N) is 2. The Morgan fingerprint density at radius 3 is 2.45 bits per heavy atom. The number of aliphatic hydroxyl groups excluding tert-OH is 1. The summed E-state index contributed by atoms with van der Waals surface area (Å²) in [5.74, 6) is 2.20. The first-order chi connectivity index (χ1) is 14.1. The van der Waals surface area contributed by atoms with E-state index in [-0.39, 0.29) is 23.7 Å². The number of nitrogen functional groups attached to an aromatic ring is 1. The Bertz CT molecular complexity index is 992. The zero-order chi connectivity index (χ0) is 20.2. The van der Waals surface area contributed by atoms with Gasteiger partial charge in [-0.25, -0.2) is 9.97 Å². The molecule has 5 N–H and O–H groups in total. The van der Waals surface area contributed by atoms with Crippen molar-refractivity contribution < 1.29 is 9.84 Å². The lowest BCUT2D eigenvalue weighted by atomic mass is 10.0. The topological polar surface area (TPSA) is 117 Å². The fourth-order valence-electron chi connectivity index (χ4n) is 3.50. The number of hydrogen-bond donors (Lipinski definition) is 4. The van der Waals surface area contributed by atoms with E-state index >= 15 is 0 Å². The van der Waals surface area contributed by atoms with Crippen molar-refractivity contribution in [3.05, 3.63) is 72.1 Å². The van der Waals surface area contributed by atoms with E-state index in [1.807, 2.05) is 54.6 Å². The molecule has 148 valence electrons. The molecule has 2 unspecified atom stereocenters. The number of anilines is 2. The van der Waals surface area contributed by atoms with Crippen molar-refractivity contribution in [2.75, 3.05) is 11.1 Å². The molecule has 1 saturated carbocycles. The van der Waals surface area contributed by atoms with Crippen molar-refractivity contribution in [2.45, 2.75) is 31.4 Å². The summed E-state index contributed by atoms with van der Waals surface area (Å²) in [6.45, 7) is 0. The third kappa shape index (κ3) is 4.35. The molecule has 2 aromatic carbocycles. The van der Waals surface area contributed by atoms with Crippen LogP contribution in [0.2, 0.25) is 0 Å². The number of aliphatic hydroxyl groups is 1. The minimum Gasteiger partial charge on any atom is -0.457 e. The highest BCUT2D eigenvalue weighted by Gasteiger charge is 2.25. The molecule has 1 aromatic heterocycles. The largest absolute Gasteiger partial charge is 0.457 e. The number of aromatic nitrogens is 2. The van der Waals surface area contributed by atoms with Gasteiger partial charge in [0.25, 0.3) is 0 Å². The Hall–Kier alpha value is -3.45. The predicted molar refractivity (Wildman–Crippen MR) is 113 cm³/mol. The van der Waals surface area contributed by atoms with Crippen LogP contribution in [0.3, 0.4) is 0 Å². The molecule has 0 spiro atoms. The molecule has 0 radical (unpaired) electrons. The van der Waals surface area contributed by atoms with Gasteiger partial charge in [0.1, 0.15) is 29.5 Å². The average Bonchev–Trinajstić information content (AvgIpc) is 3.14. The van der Waals surface area contributed by atoms with E-state index in [0.717, 1.165) is 18.6 Å². The molecule has 29 heavy (non-hydrogen) atoms. The predicted octanol–water partition coefficient (Wildman–Crippen LogP) is 3.59. The summed E-state index contributed by atoms with van der Waals surface area (Å²) in [5.41, 5.74) is 7.46. The molecular weight excluding hydrogens is 366 g/mol. The molecule has 1 heterocycles. The number of para-hydroxylation sites is 1. The van der Waals surface area contributed by atoms with Crippen molar-refractivity contribution in [1.82, 2.24) is 9.97 Å². The number of nitrogens with two attached hydrogens (primary N) is 1. The number of rotatable bonds is 6. The molecular formula is C22H23N5O2. The van der Waals surface area contributed by atoms with Crippen molar-refractivity contribution in [2.24, 2.45) is 0 Å². The highest BCUT2D eigenvalue weighted by Crippen LogP contribution is 2.28. The molecule has 4 rings (SSSR count). The van der Waals surface area contributed by atoms with Crippen LogP contribution in [0.1, 0.15) is 30.4 Å². The van der Waals surface area contributed by atoms with Gasteiger partial charge in [-0.2, -0.15) is 0 Å². The van der Waals surface area contributed by atoms with Crippen LogP contribution in [-0.2, 0) is 0 Å². The minimum absolute atomic E-state index is 0.104. The van der Waals surface area contributed by atoms with Crippen molar-refractivity contribution in [1.29, 1.82) is 5.41 Å². The maximum Gasteiger partial charge on any atom is 0.141 e. The molecule has 1 fully saturated rings. The lowest BCUT2D eigenvalue weighted by Gasteiger charge is -2.17. The van der Waals surface area contributed by atoms with Crippen LogP contribution in [0.15, 0.2) is 60.9 Å². The average molecular weight is 389 g/mol. The summed E-state index contributed by atoms with van der Waals surface area (Å²) >= 11 is 0. The molecule has 3 aromatic rings. The van der Waals surface area contributed by atoms with E-state index in [0.29, 0.717) is 29.1 Å². The first-order valence-electron chi connectivity index (χ1n) is 9.57. The number of nitrogens with one attached hydrogen (secondary N) is 2. The van der Waals surface area contributed by atoms with Gasteiger partial charge >= 0.3 is 0 Å². The summed E-state index contributed by atoms with van der Waals surface area (Å²) in [6.07, 6.45) is 3.35. The summed E-state index contributed by atoms with van der Waals surface area (Å²) in [7, 11) is 0. The third-order valence-electron chi connectivity index (χ3n) is 4.99. The van der Waals surface area contributed by atoms with Crippen molar-refractivity contribution in [3.63, 3.8) is 0 Å². The van der Waals surface area contributed by atoms with Gasteiger partial charge < -0.3 is 20.9 Å². The second kappa shape index (κ2) is 8.28. The van der Waals surface area contributed by atoms with Crippen LogP contribution in [0.5, 0.6) is 11.5 Å². The molecule has 1 aliphatic rings. The Labute approximate surface area is 169 Å². The molecule has 0 bridgehead atoms. The molecule has 1 aliphatic carbocycles. The minimum atomic E-state index is -0.299. The highest BCUT2D eigenvalue weighted by atomic mass is 16.5. The Morgan fingerprint density at radius 1 is 1.03 bits per heavy atom. The summed E-state index contributed by atoms with van der Waals surface area (Å²) in [5, 5.41) is 21.8. The second-order valence-electron chi connectivity index (χ2n) is 7.11. The van der Waals surface area contributed by atoms with Crippen molar-refractivity contribution >= 4 is 17.3 Å². The van der Waals surface area contributed by atoms with Gasteiger partial charge in [0.2, 0.25) is 0 Å². The van der Waals surface area contributed by atoms with Crippen molar-refractivity contribution in [3.8, 4) is 11.5 Å². The van der Waals surface area contributed by atoms with Gasteiger partial charge in [0.15, 0.2) is 0 Å². The molecule has 0 saturated heterocycles. The molecule has 0 amide bonds.